The fourth-order valence-electron chi connectivity index (χ4n) is 2.21. The third-order valence-electron chi connectivity index (χ3n) is 3.54. The maximum absolute atomic E-state index is 13.3. The van der Waals surface area contributed by atoms with Gasteiger partial charge < -0.3 is 5.32 Å². The van der Waals surface area contributed by atoms with Crippen LogP contribution in [0.2, 0.25) is 0 Å². The summed E-state index contributed by atoms with van der Waals surface area (Å²) in [5, 5.41) is 10.4. The molecule has 0 aliphatic carbocycles. The maximum Gasteiger partial charge on any atom is 0.273 e. The van der Waals surface area contributed by atoms with Crippen LogP contribution < -0.4 is 5.32 Å². The first-order chi connectivity index (χ1) is 11.5. The molecule has 0 saturated heterocycles. The standard InChI is InChI=1S/C17H14F2N4O/c1-11(12-7-8-14(18)15(19)9-12)20-17(24)16-10-23(22-21-16)13-5-3-2-4-6-13/h2-11H,1H3,(H,20,24). The summed E-state index contributed by atoms with van der Waals surface area (Å²) in [5.41, 5.74) is 1.36. The lowest BCUT2D eigenvalue weighted by molar-refractivity contribution is 0.0934. The van der Waals surface area contributed by atoms with Crippen molar-refractivity contribution in [1.29, 1.82) is 0 Å². The van der Waals surface area contributed by atoms with E-state index in [-0.39, 0.29) is 5.69 Å². The number of hydrogen-bond acceptors (Lipinski definition) is 3. The Hall–Kier alpha value is -3.09. The minimum Gasteiger partial charge on any atom is -0.344 e. The van der Waals surface area contributed by atoms with Crippen LogP contribution in [0, 0.1) is 11.6 Å². The van der Waals surface area contributed by atoms with Crippen molar-refractivity contribution in [3.63, 3.8) is 0 Å². The molecule has 1 aromatic heterocycles. The highest BCUT2D eigenvalue weighted by molar-refractivity contribution is 5.92. The molecule has 3 rings (SSSR count). The zero-order valence-corrected chi connectivity index (χ0v) is 12.8. The SMILES string of the molecule is CC(NC(=O)c1cn(-c2ccccc2)nn1)c1ccc(F)c(F)c1. The first-order valence-corrected chi connectivity index (χ1v) is 7.28. The van der Waals surface area contributed by atoms with Gasteiger partial charge in [0.2, 0.25) is 0 Å². The molecule has 0 spiro atoms. The molecule has 1 amide bonds. The number of carbonyl (C=O) groups excluding carboxylic acids is 1. The number of para-hydroxylation sites is 1. The number of carbonyl (C=O) groups is 1. The lowest BCUT2D eigenvalue weighted by Crippen LogP contribution is -2.27. The average molecular weight is 328 g/mol. The third-order valence-corrected chi connectivity index (χ3v) is 3.54. The molecule has 1 unspecified atom stereocenters. The van der Waals surface area contributed by atoms with Gasteiger partial charge >= 0.3 is 0 Å². The Kier molecular flexibility index (Phi) is 4.33. The molecule has 7 heteroatoms. The second kappa shape index (κ2) is 6.57. The summed E-state index contributed by atoms with van der Waals surface area (Å²) in [6, 6.07) is 12.2. The fraction of sp³-hybridized carbons (Fsp3) is 0.118. The monoisotopic (exact) mass is 328 g/mol. The summed E-state index contributed by atoms with van der Waals surface area (Å²) in [7, 11) is 0. The van der Waals surface area contributed by atoms with E-state index in [0.29, 0.717) is 5.56 Å². The van der Waals surface area contributed by atoms with Crippen molar-refractivity contribution in [2.45, 2.75) is 13.0 Å². The van der Waals surface area contributed by atoms with Crippen molar-refractivity contribution < 1.29 is 13.6 Å². The second-order valence-corrected chi connectivity index (χ2v) is 5.25. The van der Waals surface area contributed by atoms with E-state index in [2.05, 4.69) is 15.6 Å². The molecular formula is C17H14F2N4O. The normalized spacial score (nSPS) is 12.0. The summed E-state index contributed by atoms with van der Waals surface area (Å²) in [5.74, 6) is -2.33. The number of aromatic nitrogens is 3. The van der Waals surface area contributed by atoms with Gasteiger partial charge in [0.1, 0.15) is 0 Å². The van der Waals surface area contributed by atoms with Gasteiger partial charge in [0.25, 0.3) is 5.91 Å². The molecule has 0 radical (unpaired) electrons. The largest absolute Gasteiger partial charge is 0.344 e. The van der Waals surface area contributed by atoms with Crippen LogP contribution in [-0.2, 0) is 0 Å². The Balaban J connectivity index is 1.73. The molecule has 5 nitrogen and oxygen atoms in total. The van der Waals surface area contributed by atoms with Crippen molar-refractivity contribution in [1.82, 2.24) is 20.3 Å². The van der Waals surface area contributed by atoms with Gasteiger partial charge in [-0.3, -0.25) is 4.79 Å². The minimum atomic E-state index is -0.955. The first-order valence-electron chi connectivity index (χ1n) is 7.28. The van der Waals surface area contributed by atoms with Gasteiger partial charge in [-0.15, -0.1) is 5.10 Å². The van der Waals surface area contributed by atoms with Gasteiger partial charge in [0, 0.05) is 0 Å². The molecule has 3 aromatic rings. The molecule has 1 heterocycles. The molecule has 24 heavy (non-hydrogen) atoms. The number of halogens is 2. The highest BCUT2D eigenvalue weighted by Crippen LogP contribution is 2.16. The number of hydrogen-bond donors (Lipinski definition) is 1. The Labute approximate surface area is 136 Å². The van der Waals surface area contributed by atoms with E-state index in [4.69, 9.17) is 0 Å². The average Bonchev–Trinajstić information content (AvgIpc) is 3.08. The Morgan fingerprint density at radius 1 is 1.12 bits per heavy atom. The van der Waals surface area contributed by atoms with Gasteiger partial charge in [0.05, 0.1) is 17.9 Å². The number of benzene rings is 2. The van der Waals surface area contributed by atoms with Crippen molar-refractivity contribution in [3.8, 4) is 5.69 Å². The van der Waals surface area contributed by atoms with Crippen LogP contribution in [-0.4, -0.2) is 20.9 Å². The maximum atomic E-state index is 13.3. The van der Waals surface area contributed by atoms with Gasteiger partial charge in [-0.25, -0.2) is 13.5 Å². The number of amides is 1. The second-order valence-electron chi connectivity index (χ2n) is 5.25. The van der Waals surface area contributed by atoms with Crippen LogP contribution in [0.25, 0.3) is 5.69 Å². The van der Waals surface area contributed by atoms with Crippen molar-refractivity contribution in [2.75, 3.05) is 0 Å². The van der Waals surface area contributed by atoms with Crippen LogP contribution in [0.3, 0.4) is 0 Å². The zero-order chi connectivity index (χ0) is 17.1. The highest BCUT2D eigenvalue weighted by atomic mass is 19.2. The summed E-state index contributed by atoms with van der Waals surface area (Å²) >= 11 is 0. The molecule has 0 fully saturated rings. The molecule has 2 aromatic carbocycles. The van der Waals surface area contributed by atoms with Crippen molar-refractivity contribution in [3.05, 3.63) is 77.6 Å². The van der Waals surface area contributed by atoms with Crippen LogP contribution in [0.5, 0.6) is 0 Å². The summed E-state index contributed by atoms with van der Waals surface area (Å²) in [4.78, 5) is 12.2. The van der Waals surface area contributed by atoms with Crippen LogP contribution in [0.4, 0.5) is 8.78 Å². The number of nitrogens with zero attached hydrogens (tertiary/aromatic N) is 3. The van der Waals surface area contributed by atoms with E-state index >= 15 is 0 Å². The van der Waals surface area contributed by atoms with Gasteiger partial charge in [-0.2, -0.15) is 0 Å². The molecule has 1 atom stereocenters. The predicted octanol–water partition coefficient (Wildman–Crippen LogP) is 3.04. The van der Waals surface area contributed by atoms with Crippen LogP contribution in [0.15, 0.2) is 54.7 Å². The molecule has 122 valence electrons. The van der Waals surface area contributed by atoms with E-state index in [9.17, 15) is 13.6 Å². The Bertz CT molecular complexity index is 864. The van der Waals surface area contributed by atoms with Crippen molar-refractivity contribution in [2.24, 2.45) is 0 Å². The van der Waals surface area contributed by atoms with Gasteiger partial charge in [-0.1, -0.05) is 29.5 Å². The smallest absolute Gasteiger partial charge is 0.273 e. The number of nitrogens with one attached hydrogen (secondary N) is 1. The molecule has 0 saturated carbocycles. The minimum absolute atomic E-state index is 0.133. The zero-order valence-electron chi connectivity index (χ0n) is 12.8. The van der Waals surface area contributed by atoms with E-state index in [0.717, 1.165) is 17.8 Å². The van der Waals surface area contributed by atoms with E-state index < -0.39 is 23.6 Å². The molecule has 1 N–H and O–H groups in total. The number of rotatable bonds is 4. The topological polar surface area (TPSA) is 59.8 Å². The van der Waals surface area contributed by atoms with Crippen molar-refractivity contribution >= 4 is 5.91 Å². The molecule has 0 bridgehead atoms. The Morgan fingerprint density at radius 2 is 1.88 bits per heavy atom. The summed E-state index contributed by atoms with van der Waals surface area (Å²) in [6.07, 6.45) is 1.50. The van der Waals surface area contributed by atoms with E-state index in [1.807, 2.05) is 30.3 Å². The van der Waals surface area contributed by atoms with E-state index in [1.54, 1.807) is 6.92 Å². The summed E-state index contributed by atoms with van der Waals surface area (Å²) < 4.78 is 27.7. The van der Waals surface area contributed by atoms with Crippen LogP contribution in [0.1, 0.15) is 29.0 Å². The third kappa shape index (κ3) is 3.29. The molecular weight excluding hydrogens is 314 g/mol. The molecule has 0 aliphatic heterocycles. The lowest BCUT2D eigenvalue weighted by Gasteiger charge is -2.13. The summed E-state index contributed by atoms with van der Waals surface area (Å²) in [6.45, 7) is 1.67. The first kappa shape index (κ1) is 15.8. The quantitative estimate of drug-likeness (QED) is 0.801. The fourth-order valence-corrected chi connectivity index (χ4v) is 2.21. The highest BCUT2D eigenvalue weighted by Gasteiger charge is 2.16. The molecule has 0 aliphatic rings. The Morgan fingerprint density at radius 3 is 2.58 bits per heavy atom. The van der Waals surface area contributed by atoms with Gasteiger partial charge in [-0.05, 0) is 36.8 Å². The van der Waals surface area contributed by atoms with E-state index in [1.165, 1.54) is 16.9 Å². The van der Waals surface area contributed by atoms with Gasteiger partial charge in [0.15, 0.2) is 17.3 Å². The van der Waals surface area contributed by atoms with Crippen LogP contribution >= 0.6 is 0 Å². The lowest BCUT2D eigenvalue weighted by atomic mass is 10.1. The predicted molar refractivity (Wildman–Crippen MR) is 83.6 cm³/mol.